The number of carbonyl (C=O) groups is 1. The molecule has 1 aromatic heterocycles. The van der Waals surface area contributed by atoms with Crippen molar-refractivity contribution in [1.29, 1.82) is 0 Å². The molecule has 1 saturated heterocycles. The molecule has 6 nitrogen and oxygen atoms in total. The fraction of sp³-hybridized carbons (Fsp3) is 0.571. The standard InChI is InChI=1S/C21H30N4O2S/c1-5-17-8-6-7-13-24(17)19(26)14-28-21-23-22-20(25(21)15(2)3)16-9-11-18(27-4)12-10-16/h9-12,15,17H,5-8,13-14H2,1-4H3/t17-/m1/s1. The Morgan fingerprint density at radius 3 is 2.64 bits per heavy atom. The summed E-state index contributed by atoms with van der Waals surface area (Å²) in [5, 5.41) is 9.59. The first-order valence-electron chi connectivity index (χ1n) is 10.1. The Kier molecular flexibility index (Phi) is 6.99. The van der Waals surface area contributed by atoms with Crippen molar-refractivity contribution in [3.8, 4) is 17.1 Å². The lowest BCUT2D eigenvalue weighted by molar-refractivity contribution is -0.132. The number of ether oxygens (including phenoxy) is 1. The smallest absolute Gasteiger partial charge is 0.233 e. The summed E-state index contributed by atoms with van der Waals surface area (Å²) in [5.41, 5.74) is 0.988. The summed E-state index contributed by atoms with van der Waals surface area (Å²) in [6.07, 6.45) is 4.48. The van der Waals surface area contributed by atoms with Crippen LogP contribution in [0.5, 0.6) is 5.75 Å². The van der Waals surface area contributed by atoms with E-state index in [4.69, 9.17) is 4.74 Å². The van der Waals surface area contributed by atoms with Gasteiger partial charge in [-0.15, -0.1) is 10.2 Å². The second-order valence-corrected chi connectivity index (χ2v) is 8.37. The lowest BCUT2D eigenvalue weighted by Crippen LogP contribution is -2.44. The number of hydrogen-bond donors (Lipinski definition) is 0. The van der Waals surface area contributed by atoms with Gasteiger partial charge in [0.25, 0.3) is 0 Å². The maximum atomic E-state index is 12.8. The van der Waals surface area contributed by atoms with Gasteiger partial charge in [0.15, 0.2) is 11.0 Å². The fourth-order valence-electron chi connectivity index (χ4n) is 3.74. The molecule has 1 fully saturated rings. The van der Waals surface area contributed by atoms with Gasteiger partial charge in [-0.3, -0.25) is 9.36 Å². The monoisotopic (exact) mass is 402 g/mol. The third-order valence-electron chi connectivity index (χ3n) is 5.27. The van der Waals surface area contributed by atoms with Gasteiger partial charge in [0.2, 0.25) is 5.91 Å². The van der Waals surface area contributed by atoms with E-state index in [1.165, 1.54) is 18.2 Å². The second-order valence-electron chi connectivity index (χ2n) is 7.43. The number of likely N-dealkylation sites (tertiary alicyclic amines) is 1. The molecule has 0 N–H and O–H groups in total. The van der Waals surface area contributed by atoms with Crippen molar-refractivity contribution in [1.82, 2.24) is 19.7 Å². The lowest BCUT2D eigenvalue weighted by Gasteiger charge is -2.35. The van der Waals surface area contributed by atoms with Crippen LogP contribution in [-0.4, -0.2) is 51.0 Å². The molecule has 1 atom stereocenters. The van der Waals surface area contributed by atoms with E-state index in [0.717, 1.165) is 48.1 Å². The van der Waals surface area contributed by atoms with Crippen molar-refractivity contribution in [3.63, 3.8) is 0 Å². The predicted molar refractivity (Wildman–Crippen MR) is 113 cm³/mol. The molecule has 0 radical (unpaired) electrons. The van der Waals surface area contributed by atoms with Crippen LogP contribution in [0.4, 0.5) is 0 Å². The van der Waals surface area contributed by atoms with Crippen molar-refractivity contribution >= 4 is 17.7 Å². The van der Waals surface area contributed by atoms with Crippen molar-refractivity contribution in [2.75, 3.05) is 19.4 Å². The molecule has 3 rings (SSSR count). The zero-order valence-electron chi connectivity index (χ0n) is 17.2. The summed E-state index contributed by atoms with van der Waals surface area (Å²) in [6.45, 7) is 7.27. The average molecular weight is 403 g/mol. The molecular formula is C21H30N4O2S. The minimum atomic E-state index is 0.197. The molecule has 2 aromatic rings. The topological polar surface area (TPSA) is 60.3 Å². The number of hydrogen-bond acceptors (Lipinski definition) is 5. The summed E-state index contributed by atoms with van der Waals surface area (Å²) < 4.78 is 7.34. The predicted octanol–water partition coefficient (Wildman–Crippen LogP) is 4.42. The SMILES string of the molecule is CC[C@@H]1CCCCN1C(=O)CSc1nnc(-c2ccc(OC)cc2)n1C(C)C. The van der Waals surface area contributed by atoms with Crippen molar-refractivity contribution in [2.45, 2.75) is 63.7 Å². The first-order valence-corrected chi connectivity index (χ1v) is 11.0. The van der Waals surface area contributed by atoms with E-state index >= 15 is 0 Å². The summed E-state index contributed by atoms with van der Waals surface area (Å²) in [7, 11) is 1.66. The van der Waals surface area contributed by atoms with Crippen LogP contribution in [-0.2, 0) is 4.79 Å². The summed E-state index contributed by atoms with van der Waals surface area (Å²) in [5.74, 6) is 2.24. The largest absolute Gasteiger partial charge is 0.497 e. The van der Waals surface area contributed by atoms with E-state index in [1.54, 1.807) is 7.11 Å². The zero-order valence-corrected chi connectivity index (χ0v) is 18.0. The Labute approximate surface area is 171 Å². The summed E-state index contributed by atoms with van der Waals surface area (Å²) >= 11 is 1.49. The van der Waals surface area contributed by atoms with Crippen LogP contribution in [0, 0.1) is 0 Å². The van der Waals surface area contributed by atoms with Gasteiger partial charge in [-0.1, -0.05) is 18.7 Å². The highest BCUT2D eigenvalue weighted by Gasteiger charge is 2.26. The molecule has 1 aliphatic heterocycles. The van der Waals surface area contributed by atoms with E-state index in [-0.39, 0.29) is 11.9 Å². The molecule has 28 heavy (non-hydrogen) atoms. The van der Waals surface area contributed by atoms with Crippen LogP contribution in [0.3, 0.4) is 0 Å². The maximum Gasteiger partial charge on any atom is 0.233 e. The number of methoxy groups -OCH3 is 1. The summed E-state index contributed by atoms with van der Waals surface area (Å²) in [6, 6.07) is 8.41. The number of rotatable bonds is 7. The Morgan fingerprint density at radius 1 is 1.25 bits per heavy atom. The van der Waals surface area contributed by atoms with Crippen molar-refractivity contribution < 1.29 is 9.53 Å². The Hall–Kier alpha value is -2.02. The fourth-order valence-corrected chi connectivity index (χ4v) is 4.69. The van der Waals surface area contributed by atoms with Crippen LogP contribution in [0.2, 0.25) is 0 Å². The normalized spacial score (nSPS) is 17.2. The van der Waals surface area contributed by atoms with Gasteiger partial charge in [-0.2, -0.15) is 0 Å². The van der Waals surface area contributed by atoms with E-state index in [2.05, 4.69) is 40.4 Å². The minimum Gasteiger partial charge on any atom is -0.497 e. The number of amides is 1. The highest BCUT2D eigenvalue weighted by molar-refractivity contribution is 7.99. The van der Waals surface area contributed by atoms with Crippen LogP contribution in [0.1, 0.15) is 52.5 Å². The number of nitrogens with zero attached hydrogens (tertiary/aromatic N) is 4. The molecular weight excluding hydrogens is 372 g/mol. The Morgan fingerprint density at radius 2 is 2.00 bits per heavy atom. The van der Waals surface area contributed by atoms with Crippen LogP contribution in [0.25, 0.3) is 11.4 Å². The van der Waals surface area contributed by atoms with Gasteiger partial charge in [0.05, 0.1) is 12.9 Å². The summed E-state index contributed by atoms with van der Waals surface area (Å²) in [4.78, 5) is 14.9. The van der Waals surface area contributed by atoms with Gasteiger partial charge < -0.3 is 9.64 Å². The number of aromatic nitrogens is 3. The molecule has 1 aliphatic rings. The third-order valence-corrected chi connectivity index (χ3v) is 6.20. The number of carbonyl (C=O) groups excluding carboxylic acids is 1. The van der Waals surface area contributed by atoms with Crippen LogP contribution in [0.15, 0.2) is 29.4 Å². The molecule has 0 spiro atoms. The highest BCUT2D eigenvalue weighted by atomic mass is 32.2. The minimum absolute atomic E-state index is 0.197. The van der Waals surface area contributed by atoms with E-state index in [0.29, 0.717) is 11.8 Å². The molecule has 1 aromatic carbocycles. The van der Waals surface area contributed by atoms with Crippen LogP contribution < -0.4 is 4.74 Å². The van der Waals surface area contributed by atoms with Gasteiger partial charge >= 0.3 is 0 Å². The van der Waals surface area contributed by atoms with E-state index < -0.39 is 0 Å². The Balaban J connectivity index is 1.75. The van der Waals surface area contributed by atoms with Gasteiger partial charge in [-0.05, 0) is 63.8 Å². The van der Waals surface area contributed by atoms with Crippen molar-refractivity contribution in [3.05, 3.63) is 24.3 Å². The number of benzene rings is 1. The molecule has 0 saturated carbocycles. The maximum absolute atomic E-state index is 12.8. The van der Waals surface area contributed by atoms with Gasteiger partial charge in [0.1, 0.15) is 5.75 Å². The molecule has 0 aliphatic carbocycles. The first-order chi connectivity index (χ1) is 13.5. The molecule has 0 bridgehead atoms. The molecule has 0 unspecified atom stereocenters. The lowest BCUT2D eigenvalue weighted by atomic mass is 10.0. The van der Waals surface area contributed by atoms with Gasteiger partial charge in [0, 0.05) is 24.2 Å². The van der Waals surface area contributed by atoms with Crippen LogP contribution >= 0.6 is 11.8 Å². The molecule has 2 heterocycles. The highest BCUT2D eigenvalue weighted by Crippen LogP contribution is 2.29. The average Bonchev–Trinajstić information content (AvgIpc) is 3.16. The second kappa shape index (κ2) is 9.45. The molecule has 1 amide bonds. The zero-order chi connectivity index (χ0) is 20.1. The third kappa shape index (κ3) is 4.51. The van der Waals surface area contributed by atoms with E-state index in [1.807, 2.05) is 24.3 Å². The van der Waals surface area contributed by atoms with E-state index in [9.17, 15) is 4.79 Å². The van der Waals surface area contributed by atoms with Crippen molar-refractivity contribution in [2.24, 2.45) is 0 Å². The molecule has 7 heteroatoms. The first kappa shape index (κ1) is 20.7. The number of piperidine rings is 1. The quantitative estimate of drug-likeness (QED) is 0.642. The molecule has 152 valence electrons. The van der Waals surface area contributed by atoms with Gasteiger partial charge in [-0.25, -0.2) is 0 Å². The number of thioether (sulfide) groups is 1. The Bertz CT molecular complexity index is 788.